The molecule has 0 radical (unpaired) electrons. The number of amides is 1. The molecule has 5 aromatic rings. The van der Waals surface area contributed by atoms with Crippen LogP contribution in [0.2, 0.25) is 0 Å². The van der Waals surface area contributed by atoms with Gasteiger partial charge in [0.25, 0.3) is 0 Å². The Bertz CT molecular complexity index is 1340. The number of carbonyl (C=O) groups excluding carboxylic acids is 1. The largest absolute Gasteiger partial charge is 0.346 e. The van der Waals surface area contributed by atoms with Crippen LogP contribution in [0.15, 0.2) is 55.0 Å². The van der Waals surface area contributed by atoms with Gasteiger partial charge in [0.2, 0.25) is 5.91 Å². The van der Waals surface area contributed by atoms with Crippen LogP contribution in [0, 0.1) is 0 Å². The zero-order valence-electron chi connectivity index (χ0n) is 15.5. The normalized spacial score (nSPS) is 11.2. The smallest absolute Gasteiger partial charge is 0.222 e. The molecule has 0 saturated carbocycles. The Morgan fingerprint density at radius 3 is 2.93 bits per heavy atom. The van der Waals surface area contributed by atoms with Gasteiger partial charge in [-0.2, -0.15) is 0 Å². The maximum absolute atomic E-state index is 11.1. The number of pyridine rings is 3. The first-order chi connectivity index (χ1) is 14.2. The number of hydrogen-bond donors (Lipinski definition) is 2. The van der Waals surface area contributed by atoms with Gasteiger partial charge < -0.3 is 10.3 Å². The molecule has 5 aromatic heterocycles. The maximum atomic E-state index is 11.1. The summed E-state index contributed by atoms with van der Waals surface area (Å²) >= 11 is 0. The number of H-pyrrole nitrogens is 1. The van der Waals surface area contributed by atoms with Gasteiger partial charge in [-0.15, -0.1) is 5.10 Å². The fourth-order valence-corrected chi connectivity index (χ4v) is 3.23. The molecule has 9 nitrogen and oxygen atoms in total. The molecule has 5 heterocycles. The lowest BCUT2D eigenvalue weighted by molar-refractivity contribution is -0.114. The summed E-state index contributed by atoms with van der Waals surface area (Å²) in [5.74, 6) is 0.342. The molecule has 2 N–H and O–H groups in total. The van der Waals surface area contributed by atoms with E-state index in [4.69, 9.17) is 4.98 Å². The third kappa shape index (κ3) is 3.18. The number of nitrogens with one attached hydrogen (secondary N) is 2. The number of anilines is 1. The first kappa shape index (κ1) is 17.0. The predicted molar refractivity (Wildman–Crippen MR) is 108 cm³/mol. The van der Waals surface area contributed by atoms with Gasteiger partial charge in [0.05, 0.1) is 12.2 Å². The Hall–Kier alpha value is -4.14. The molecular weight excluding hydrogens is 368 g/mol. The van der Waals surface area contributed by atoms with Crippen LogP contribution in [-0.2, 0) is 11.3 Å². The van der Waals surface area contributed by atoms with Crippen LogP contribution in [0.3, 0.4) is 0 Å². The van der Waals surface area contributed by atoms with Gasteiger partial charge in [0.1, 0.15) is 17.0 Å². The minimum absolute atomic E-state index is 0.160. The number of aromatic amines is 1. The van der Waals surface area contributed by atoms with Crippen molar-refractivity contribution in [3.05, 3.63) is 60.6 Å². The van der Waals surface area contributed by atoms with Crippen LogP contribution < -0.4 is 5.32 Å². The van der Waals surface area contributed by atoms with Crippen molar-refractivity contribution >= 4 is 33.9 Å². The summed E-state index contributed by atoms with van der Waals surface area (Å²) in [5.41, 5.74) is 4.90. The van der Waals surface area contributed by atoms with Gasteiger partial charge in [-0.1, -0.05) is 5.21 Å². The molecule has 29 heavy (non-hydrogen) atoms. The Kier molecular flexibility index (Phi) is 3.98. The molecule has 0 bridgehead atoms. The highest BCUT2D eigenvalue weighted by molar-refractivity contribution is 5.87. The van der Waals surface area contributed by atoms with Crippen LogP contribution in [0.25, 0.3) is 33.5 Å². The lowest BCUT2D eigenvalue weighted by Crippen LogP contribution is -2.07. The van der Waals surface area contributed by atoms with Gasteiger partial charge in [0, 0.05) is 42.0 Å². The summed E-state index contributed by atoms with van der Waals surface area (Å²) in [6.45, 7) is 1.97. The minimum Gasteiger partial charge on any atom is -0.346 e. The van der Waals surface area contributed by atoms with E-state index in [1.165, 1.54) is 6.92 Å². The van der Waals surface area contributed by atoms with Crippen LogP contribution >= 0.6 is 0 Å². The quantitative estimate of drug-likeness (QED) is 0.492. The average molecular weight is 384 g/mol. The second-order valence-electron chi connectivity index (χ2n) is 6.61. The topological polar surface area (TPSA) is 114 Å². The molecule has 142 valence electrons. The predicted octanol–water partition coefficient (Wildman–Crippen LogP) is 2.77. The van der Waals surface area contributed by atoms with E-state index in [-0.39, 0.29) is 5.91 Å². The van der Waals surface area contributed by atoms with Crippen molar-refractivity contribution < 1.29 is 4.79 Å². The molecule has 0 aromatic carbocycles. The Morgan fingerprint density at radius 1 is 1.17 bits per heavy atom. The molecule has 9 heteroatoms. The lowest BCUT2D eigenvalue weighted by Gasteiger charge is -2.05. The monoisotopic (exact) mass is 384 g/mol. The van der Waals surface area contributed by atoms with Crippen molar-refractivity contribution in [3.63, 3.8) is 0 Å². The van der Waals surface area contributed by atoms with Gasteiger partial charge in [-0.05, 0) is 36.4 Å². The molecule has 0 fully saturated rings. The van der Waals surface area contributed by atoms with E-state index >= 15 is 0 Å². The van der Waals surface area contributed by atoms with Gasteiger partial charge in [-0.3, -0.25) is 4.79 Å². The number of rotatable bonds is 4. The van der Waals surface area contributed by atoms with Crippen molar-refractivity contribution in [2.75, 3.05) is 5.32 Å². The van der Waals surface area contributed by atoms with Crippen molar-refractivity contribution in [2.24, 2.45) is 0 Å². The van der Waals surface area contributed by atoms with E-state index in [0.29, 0.717) is 18.0 Å². The van der Waals surface area contributed by atoms with Crippen LogP contribution in [0.1, 0.15) is 12.5 Å². The molecule has 1 amide bonds. The van der Waals surface area contributed by atoms with Crippen molar-refractivity contribution in [1.82, 2.24) is 34.9 Å². The highest BCUT2D eigenvalue weighted by Crippen LogP contribution is 2.22. The number of aromatic nitrogens is 7. The molecule has 0 unspecified atom stereocenters. The van der Waals surface area contributed by atoms with Crippen LogP contribution in [0.5, 0.6) is 0 Å². The molecule has 0 spiro atoms. The SMILES string of the molecule is CC(=O)Nc1ccc(-c2ccc3nnn(Cc4c[nH]c5ncccc45)c3n2)cn1. The van der Waals surface area contributed by atoms with E-state index < -0.39 is 0 Å². The minimum atomic E-state index is -0.160. The fraction of sp³-hybridized carbons (Fsp3) is 0.100. The Labute approximate surface area is 164 Å². The van der Waals surface area contributed by atoms with Gasteiger partial charge >= 0.3 is 0 Å². The standard InChI is InChI=1S/C20H16N8O/c1-12(29)24-18-7-4-13(9-22-18)16-5-6-17-20(25-16)28(27-26-17)11-14-10-23-19-15(14)3-2-8-21-19/h2-10H,11H2,1H3,(H,21,23)(H,22,24,29). The fourth-order valence-electron chi connectivity index (χ4n) is 3.23. The summed E-state index contributed by atoms with van der Waals surface area (Å²) in [6.07, 6.45) is 5.37. The summed E-state index contributed by atoms with van der Waals surface area (Å²) in [5, 5.41) is 12.2. The first-order valence-electron chi connectivity index (χ1n) is 9.02. The molecule has 0 aliphatic heterocycles. The number of hydrogen-bond acceptors (Lipinski definition) is 6. The second kappa shape index (κ2) is 6.79. The highest BCUT2D eigenvalue weighted by Gasteiger charge is 2.12. The van der Waals surface area contributed by atoms with Gasteiger partial charge in [0.15, 0.2) is 5.65 Å². The molecule has 5 rings (SSSR count). The molecule has 0 atom stereocenters. The Morgan fingerprint density at radius 2 is 2.10 bits per heavy atom. The third-order valence-electron chi connectivity index (χ3n) is 4.58. The van der Waals surface area contributed by atoms with E-state index in [2.05, 4.69) is 30.6 Å². The van der Waals surface area contributed by atoms with E-state index in [1.807, 2.05) is 36.5 Å². The van der Waals surface area contributed by atoms with Crippen molar-refractivity contribution in [3.8, 4) is 11.3 Å². The van der Waals surface area contributed by atoms with Crippen LogP contribution in [0.4, 0.5) is 5.82 Å². The van der Waals surface area contributed by atoms with Gasteiger partial charge in [-0.25, -0.2) is 19.6 Å². The van der Waals surface area contributed by atoms with E-state index in [0.717, 1.165) is 33.4 Å². The van der Waals surface area contributed by atoms with Crippen LogP contribution in [-0.4, -0.2) is 40.8 Å². The summed E-state index contributed by atoms with van der Waals surface area (Å²) in [7, 11) is 0. The van der Waals surface area contributed by atoms with E-state index in [1.54, 1.807) is 23.1 Å². The highest BCUT2D eigenvalue weighted by atomic mass is 16.1. The molecule has 0 saturated heterocycles. The van der Waals surface area contributed by atoms with Crippen molar-refractivity contribution in [1.29, 1.82) is 0 Å². The number of carbonyl (C=O) groups is 1. The number of nitrogens with zero attached hydrogens (tertiary/aromatic N) is 6. The summed E-state index contributed by atoms with van der Waals surface area (Å²) in [4.78, 5) is 27.6. The first-order valence-corrected chi connectivity index (χ1v) is 9.02. The second-order valence-corrected chi connectivity index (χ2v) is 6.61. The molecule has 0 aliphatic carbocycles. The summed E-state index contributed by atoms with van der Waals surface area (Å²) < 4.78 is 1.77. The third-order valence-corrected chi connectivity index (χ3v) is 4.58. The lowest BCUT2D eigenvalue weighted by atomic mass is 10.2. The Balaban J connectivity index is 1.49. The van der Waals surface area contributed by atoms with Crippen molar-refractivity contribution in [2.45, 2.75) is 13.5 Å². The van der Waals surface area contributed by atoms with E-state index in [9.17, 15) is 4.79 Å². The maximum Gasteiger partial charge on any atom is 0.222 e. The number of fused-ring (bicyclic) bond motifs is 2. The zero-order chi connectivity index (χ0) is 19.8. The average Bonchev–Trinajstić information content (AvgIpc) is 3.33. The molecular formula is C20H16N8O. The zero-order valence-corrected chi connectivity index (χ0v) is 15.5. The molecule has 0 aliphatic rings. The summed E-state index contributed by atoms with van der Waals surface area (Å²) in [6, 6.07) is 11.3.